The van der Waals surface area contributed by atoms with Crippen LogP contribution in [0.4, 0.5) is 0 Å². The molecular weight excluding hydrogens is 250 g/mol. The monoisotopic (exact) mass is 279 g/mol. The van der Waals surface area contributed by atoms with E-state index in [4.69, 9.17) is 9.47 Å². The molecule has 1 aromatic carbocycles. The first-order chi connectivity index (χ1) is 9.74. The molecule has 0 aliphatic heterocycles. The van der Waals surface area contributed by atoms with E-state index in [0.717, 1.165) is 24.5 Å². The molecule has 0 radical (unpaired) electrons. The van der Waals surface area contributed by atoms with Gasteiger partial charge in [-0.3, -0.25) is 0 Å². The van der Waals surface area contributed by atoms with Crippen molar-refractivity contribution in [2.45, 2.75) is 52.0 Å². The van der Waals surface area contributed by atoms with Gasteiger partial charge in [0.15, 0.2) is 11.5 Å². The maximum Gasteiger partial charge on any atom is 0.160 e. The average molecular weight is 279 g/mol. The fraction of sp³-hybridized carbons (Fsp3) is 0.647. The molecule has 0 bridgehead atoms. The zero-order valence-electron chi connectivity index (χ0n) is 13.4. The van der Waals surface area contributed by atoms with Gasteiger partial charge in [-0.25, -0.2) is 0 Å². The molecule has 3 nitrogen and oxygen atoms in total. The van der Waals surface area contributed by atoms with Gasteiger partial charge in [0.25, 0.3) is 0 Å². The van der Waals surface area contributed by atoms with Crippen LogP contribution in [0.2, 0.25) is 0 Å². The Kier molecular flexibility index (Phi) is 8.12. The second-order valence-electron chi connectivity index (χ2n) is 5.19. The summed E-state index contributed by atoms with van der Waals surface area (Å²) in [5.41, 5.74) is 1.30. The first-order valence-corrected chi connectivity index (χ1v) is 7.69. The summed E-state index contributed by atoms with van der Waals surface area (Å²) < 4.78 is 10.7. The van der Waals surface area contributed by atoms with Crippen LogP contribution in [-0.4, -0.2) is 26.8 Å². The van der Waals surface area contributed by atoms with Crippen LogP contribution >= 0.6 is 0 Å². The zero-order valence-corrected chi connectivity index (χ0v) is 13.4. The van der Waals surface area contributed by atoms with Gasteiger partial charge in [-0.05, 0) is 43.5 Å². The standard InChI is InChI=1S/C17H29NO2/c1-5-7-8-15(18-11-6-2)12-14-9-10-16(19-3)17(13-14)20-4/h9-10,13,15,18H,5-8,11-12H2,1-4H3. The van der Waals surface area contributed by atoms with Crippen LogP contribution in [0.15, 0.2) is 18.2 Å². The summed E-state index contributed by atoms with van der Waals surface area (Å²) >= 11 is 0. The minimum atomic E-state index is 0.549. The number of hydrogen-bond donors (Lipinski definition) is 1. The Morgan fingerprint density at radius 2 is 1.80 bits per heavy atom. The van der Waals surface area contributed by atoms with Crippen molar-refractivity contribution >= 4 is 0 Å². The van der Waals surface area contributed by atoms with E-state index in [0.29, 0.717) is 6.04 Å². The number of ether oxygens (including phenoxy) is 2. The van der Waals surface area contributed by atoms with Gasteiger partial charge in [0.05, 0.1) is 14.2 Å². The third-order valence-electron chi connectivity index (χ3n) is 3.52. The normalized spacial score (nSPS) is 12.2. The molecule has 0 spiro atoms. The average Bonchev–Trinajstić information content (AvgIpc) is 2.49. The van der Waals surface area contributed by atoms with E-state index >= 15 is 0 Å². The second-order valence-corrected chi connectivity index (χ2v) is 5.19. The van der Waals surface area contributed by atoms with Crippen LogP contribution in [0, 0.1) is 0 Å². The minimum absolute atomic E-state index is 0.549. The van der Waals surface area contributed by atoms with Gasteiger partial charge in [-0.2, -0.15) is 0 Å². The van der Waals surface area contributed by atoms with Crippen molar-refractivity contribution in [3.63, 3.8) is 0 Å². The van der Waals surface area contributed by atoms with Crippen molar-refractivity contribution in [1.29, 1.82) is 0 Å². The molecule has 0 saturated carbocycles. The van der Waals surface area contributed by atoms with Crippen molar-refractivity contribution in [3.05, 3.63) is 23.8 Å². The largest absolute Gasteiger partial charge is 0.493 e. The molecule has 0 aromatic heterocycles. The van der Waals surface area contributed by atoms with Gasteiger partial charge in [-0.1, -0.05) is 32.8 Å². The predicted octanol–water partition coefficient (Wildman–Crippen LogP) is 3.80. The summed E-state index contributed by atoms with van der Waals surface area (Å²) in [6, 6.07) is 6.76. The molecular formula is C17H29NO2. The molecule has 0 aliphatic carbocycles. The summed E-state index contributed by atoms with van der Waals surface area (Å²) in [7, 11) is 3.36. The first-order valence-electron chi connectivity index (χ1n) is 7.69. The van der Waals surface area contributed by atoms with E-state index in [9.17, 15) is 0 Å². The molecule has 0 heterocycles. The number of methoxy groups -OCH3 is 2. The molecule has 1 atom stereocenters. The molecule has 20 heavy (non-hydrogen) atoms. The molecule has 0 aliphatic rings. The first kappa shape index (κ1) is 16.8. The van der Waals surface area contributed by atoms with E-state index in [1.54, 1.807) is 14.2 Å². The van der Waals surface area contributed by atoms with E-state index in [1.165, 1.54) is 31.2 Å². The van der Waals surface area contributed by atoms with Gasteiger partial charge in [0.2, 0.25) is 0 Å². The summed E-state index contributed by atoms with van der Waals surface area (Å²) in [6.07, 6.45) is 5.96. The van der Waals surface area contributed by atoms with Crippen LogP contribution in [0.1, 0.15) is 45.1 Å². The van der Waals surface area contributed by atoms with Crippen molar-refractivity contribution in [2.24, 2.45) is 0 Å². The highest BCUT2D eigenvalue weighted by atomic mass is 16.5. The maximum absolute atomic E-state index is 5.38. The van der Waals surface area contributed by atoms with Crippen LogP contribution < -0.4 is 14.8 Å². The van der Waals surface area contributed by atoms with Crippen LogP contribution in [0.3, 0.4) is 0 Å². The highest BCUT2D eigenvalue weighted by Crippen LogP contribution is 2.28. The Morgan fingerprint density at radius 1 is 1.05 bits per heavy atom. The maximum atomic E-state index is 5.38. The smallest absolute Gasteiger partial charge is 0.160 e. The highest BCUT2D eigenvalue weighted by molar-refractivity contribution is 5.43. The van der Waals surface area contributed by atoms with Crippen LogP contribution in [-0.2, 0) is 6.42 Å². The van der Waals surface area contributed by atoms with Gasteiger partial charge in [-0.15, -0.1) is 0 Å². The lowest BCUT2D eigenvalue weighted by Crippen LogP contribution is -2.31. The third kappa shape index (κ3) is 5.41. The Balaban J connectivity index is 2.70. The van der Waals surface area contributed by atoms with Crippen LogP contribution in [0.25, 0.3) is 0 Å². The van der Waals surface area contributed by atoms with Gasteiger partial charge < -0.3 is 14.8 Å². The zero-order chi connectivity index (χ0) is 14.8. The highest BCUT2D eigenvalue weighted by Gasteiger charge is 2.11. The Labute approximate surface area is 123 Å². The Hall–Kier alpha value is -1.22. The van der Waals surface area contributed by atoms with Gasteiger partial charge in [0.1, 0.15) is 0 Å². The molecule has 1 N–H and O–H groups in total. The molecule has 114 valence electrons. The molecule has 1 unspecified atom stereocenters. The Morgan fingerprint density at radius 3 is 2.40 bits per heavy atom. The molecule has 0 saturated heterocycles. The SMILES string of the molecule is CCCCC(Cc1ccc(OC)c(OC)c1)NCCC. The third-order valence-corrected chi connectivity index (χ3v) is 3.52. The van der Waals surface area contributed by atoms with Crippen molar-refractivity contribution in [2.75, 3.05) is 20.8 Å². The lowest BCUT2D eigenvalue weighted by molar-refractivity contribution is 0.354. The fourth-order valence-electron chi connectivity index (χ4n) is 2.37. The number of hydrogen-bond acceptors (Lipinski definition) is 3. The predicted molar refractivity (Wildman–Crippen MR) is 84.9 cm³/mol. The molecule has 0 amide bonds. The molecule has 1 rings (SSSR count). The quantitative estimate of drug-likeness (QED) is 0.706. The molecule has 3 heteroatoms. The minimum Gasteiger partial charge on any atom is -0.493 e. The van der Waals surface area contributed by atoms with Crippen molar-refractivity contribution in [1.82, 2.24) is 5.32 Å². The van der Waals surface area contributed by atoms with Crippen molar-refractivity contribution < 1.29 is 9.47 Å². The van der Waals surface area contributed by atoms with Gasteiger partial charge in [0, 0.05) is 6.04 Å². The summed E-state index contributed by atoms with van der Waals surface area (Å²) in [5, 5.41) is 3.65. The van der Waals surface area contributed by atoms with Gasteiger partial charge >= 0.3 is 0 Å². The number of unbranched alkanes of at least 4 members (excludes halogenated alkanes) is 1. The van der Waals surface area contributed by atoms with Crippen LogP contribution in [0.5, 0.6) is 11.5 Å². The summed E-state index contributed by atoms with van der Waals surface area (Å²) in [5.74, 6) is 1.61. The number of nitrogens with one attached hydrogen (secondary N) is 1. The fourth-order valence-corrected chi connectivity index (χ4v) is 2.37. The summed E-state index contributed by atoms with van der Waals surface area (Å²) in [4.78, 5) is 0. The van der Waals surface area contributed by atoms with E-state index in [-0.39, 0.29) is 0 Å². The molecule has 1 aromatic rings. The lowest BCUT2D eigenvalue weighted by atomic mass is 10.0. The Bertz CT molecular complexity index is 371. The second kappa shape index (κ2) is 9.65. The van der Waals surface area contributed by atoms with E-state index < -0.39 is 0 Å². The lowest BCUT2D eigenvalue weighted by Gasteiger charge is -2.19. The van der Waals surface area contributed by atoms with E-state index in [1.807, 2.05) is 6.07 Å². The topological polar surface area (TPSA) is 30.5 Å². The number of rotatable bonds is 10. The molecule has 0 fully saturated rings. The van der Waals surface area contributed by atoms with Crippen molar-refractivity contribution in [3.8, 4) is 11.5 Å². The summed E-state index contributed by atoms with van der Waals surface area (Å²) in [6.45, 7) is 5.54. The number of benzene rings is 1. The van der Waals surface area contributed by atoms with E-state index in [2.05, 4.69) is 31.3 Å².